The Balaban J connectivity index is 1.43. The van der Waals surface area contributed by atoms with Gasteiger partial charge in [0.05, 0.1) is 13.7 Å². The number of esters is 1. The molecule has 0 saturated carbocycles. The Kier molecular flexibility index (Phi) is 5.81. The van der Waals surface area contributed by atoms with E-state index in [1.807, 2.05) is 12.1 Å². The molecule has 2 heterocycles. The van der Waals surface area contributed by atoms with Crippen molar-refractivity contribution < 1.29 is 18.7 Å². The molecule has 0 bridgehead atoms. The van der Waals surface area contributed by atoms with Crippen molar-refractivity contribution in [3.63, 3.8) is 0 Å². The number of ether oxygens (including phenoxy) is 1. The van der Waals surface area contributed by atoms with Crippen LogP contribution in [0, 0.1) is 5.82 Å². The van der Waals surface area contributed by atoms with Crippen LogP contribution in [-0.4, -0.2) is 48.5 Å². The van der Waals surface area contributed by atoms with Crippen molar-refractivity contribution in [3.8, 4) is 0 Å². The number of aromatic amines is 1. The highest BCUT2D eigenvalue weighted by Gasteiger charge is 2.22. The monoisotopic (exact) mass is 409 g/mol. The van der Waals surface area contributed by atoms with E-state index >= 15 is 0 Å². The molecule has 1 aliphatic rings. The first-order valence-electron chi connectivity index (χ1n) is 10.0. The van der Waals surface area contributed by atoms with Gasteiger partial charge in [-0.05, 0) is 79.9 Å². The van der Waals surface area contributed by atoms with Crippen LogP contribution in [-0.2, 0) is 9.53 Å². The van der Waals surface area contributed by atoms with Crippen LogP contribution >= 0.6 is 0 Å². The van der Waals surface area contributed by atoms with Gasteiger partial charge in [0.2, 0.25) is 0 Å². The number of amides is 1. The molecule has 2 aromatic carbocycles. The number of hydrogen-bond donors (Lipinski definition) is 2. The molecule has 1 saturated heterocycles. The number of anilines is 1. The third-order valence-electron chi connectivity index (χ3n) is 5.63. The molecular formula is C23H24FN3O3. The van der Waals surface area contributed by atoms with Crippen molar-refractivity contribution in [1.29, 1.82) is 0 Å². The van der Waals surface area contributed by atoms with Crippen molar-refractivity contribution >= 4 is 28.5 Å². The number of piperidine rings is 1. The predicted octanol–water partition coefficient (Wildman–Crippen LogP) is 3.91. The SMILES string of the molecule is COC(=O)CN1CCC(c2ccc3[nH]c(C(=O)Nc4ccc(F)cc4)cc3c2)CC1. The molecule has 0 radical (unpaired) electrons. The number of halogens is 1. The van der Waals surface area contributed by atoms with E-state index in [0.29, 0.717) is 23.8 Å². The number of benzene rings is 2. The van der Waals surface area contributed by atoms with Crippen molar-refractivity contribution in [1.82, 2.24) is 9.88 Å². The summed E-state index contributed by atoms with van der Waals surface area (Å²) in [5.41, 5.74) is 3.13. The minimum Gasteiger partial charge on any atom is -0.468 e. The zero-order chi connectivity index (χ0) is 21.1. The fourth-order valence-electron chi connectivity index (χ4n) is 3.93. The highest BCUT2D eigenvalue weighted by atomic mass is 19.1. The number of hydrogen-bond acceptors (Lipinski definition) is 4. The molecular weight excluding hydrogens is 385 g/mol. The maximum absolute atomic E-state index is 13.0. The summed E-state index contributed by atoms with van der Waals surface area (Å²) in [4.78, 5) is 29.2. The molecule has 0 spiro atoms. The molecule has 156 valence electrons. The molecule has 3 aromatic rings. The van der Waals surface area contributed by atoms with E-state index in [-0.39, 0.29) is 17.7 Å². The molecule has 1 aliphatic heterocycles. The maximum Gasteiger partial charge on any atom is 0.319 e. The first-order valence-corrected chi connectivity index (χ1v) is 10.0. The Morgan fingerprint density at radius 3 is 2.57 bits per heavy atom. The second kappa shape index (κ2) is 8.67. The Morgan fingerprint density at radius 2 is 1.87 bits per heavy atom. The molecule has 1 aromatic heterocycles. The minimum atomic E-state index is -0.345. The summed E-state index contributed by atoms with van der Waals surface area (Å²) in [5, 5.41) is 3.75. The summed E-state index contributed by atoms with van der Waals surface area (Å²) >= 11 is 0. The molecule has 0 atom stereocenters. The fourth-order valence-corrected chi connectivity index (χ4v) is 3.93. The number of fused-ring (bicyclic) bond motifs is 1. The van der Waals surface area contributed by atoms with E-state index in [2.05, 4.69) is 27.3 Å². The van der Waals surface area contributed by atoms with Gasteiger partial charge in [0.25, 0.3) is 5.91 Å². The van der Waals surface area contributed by atoms with E-state index in [4.69, 9.17) is 4.74 Å². The van der Waals surface area contributed by atoms with Crippen LogP contribution in [0.5, 0.6) is 0 Å². The first-order chi connectivity index (χ1) is 14.5. The summed E-state index contributed by atoms with van der Waals surface area (Å²) < 4.78 is 17.8. The Bertz CT molecular complexity index is 1050. The van der Waals surface area contributed by atoms with Crippen LogP contribution in [0.1, 0.15) is 34.8 Å². The third-order valence-corrected chi connectivity index (χ3v) is 5.63. The van der Waals surface area contributed by atoms with Crippen molar-refractivity contribution in [2.24, 2.45) is 0 Å². The van der Waals surface area contributed by atoms with Gasteiger partial charge in [-0.25, -0.2) is 4.39 Å². The number of likely N-dealkylation sites (tertiary alicyclic amines) is 1. The summed E-state index contributed by atoms with van der Waals surface area (Å²) in [6.45, 7) is 2.05. The van der Waals surface area contributed by atoms with E-state index in [1.165, 1.54) is 36.9 Å². The van der Waals surface area contributed by atoms with Gasteiger partial charge in [-0.3, -0.25) is 14.5 Å². The van der Waals surface area contributed by atoms with E-state index in [0.717, 1.165) is 36.8 Å². The number of nitrogens with one attached hydrogen (secondary N) is 2. The molecule has 1 amide bonds. The average Bonchev–Trinajstić information content (AvgIpc) is 3.19. The molecule has 7 heteroatoms. The second-order valence-corrected chi connectivity index (χ2v) is 7.62. The van der Waals surface area contributed by atoms with Gasteiger partial charge < -0.3 is 15.0 Å². The smallest absolute Gasteiger partial charge is 0.319 e. The summed E-state index contributed by atoms with van der Waals surface area (Å²) in [6.07, 6.45) is 1.95. The Morgan fingerprint density at radius 1 is 1.13 bits per heavy atom. The second-order valence-electron chi connectivity index (χ2n) is 7.62. The molecule has 0 aliphatic carbocycles. The van der Waals surface area contributed by atoms with Crippen LogP contribution in [0.15, 0.2) is 48.5 Å². The Hall–Kier alpha value is -3.19. The number of rotatable bonds is 5. The number of methoxy groups -OCH3 is 1. The standard InChI is InChI=1S/C23H24FN3O3/c1-30-22(28)14-27-10-8-15(9-11-27)16-2-7-20-17(12-16)13-21(26-20)23(29)25-19-5-3-18(24)4-6-19/h2-7,12-13,15,26H,8-11,14H2,1H3,(H,25,29). The van der Waals surface area contributed by atoms with Gasteiger partial charge in [0.15, 0.2) is 0 Å². The first kappa shape index (κ1) is 20.1. The van der Waals surface area contributed by atoms with Crippen molar-refractivity contribution in [2.45, 2.75) is 18.8 Å². The topological polar surface area (TPSA) is 74.4 Å². The lowest BCUT2D eigenvalue weighted by atomic mass is 9.89. The summed E-state index contributed by atoms with van der Waals surface area (Å²) in [6, 6.07) is 13.7. The quantitative estimate of drug-likeness (QED) is 0.627. The van der Waals surface area contributed by atoms with Gasteiger partial charge in [-0.1, -0.05) is 6.07 Å². The zero-order valence-corrected chi connectivity index (χ0v) is 16.8. The van der Waals surface area contributed by atoms with Gasteiger partial charge in [0, 0.05) is 16.6 Å². The number of nitrogens with zero attached hydrogens (tertiary/aromatic N) is 1. The van der Waals surface area contributed by atoms with E-state index in [1.54, 1.807) is 0 Å². The average molecular weight is 409 g/mol. The lowest BCUT2D eigenvalue weighted by Crippen LogP contribution is -2.37. The third kappa shape index (κ3) is 4.52. The van der Waals surface area contributed by atoms with Crippen LogP contribution in [0.3, 0.4) is 0 Å². The number of carbonyl (C=O) groups excluding carboxylic acids is 2. The van der Waals surface area contributed by atoms with Crippen LogP contribution < -0.4 is 5.32 Å². The van der Waals surface area contributed by atoms with Crippen LogP contribution in [0.2, 0.25) is 0 Å². The van der Waals surface area contributed by atoms with Gasteiger partial charge in [0.1, 0.15) is 11.5 Å². The largest absolute Gasteiger partial charge is 0.468 e. The summed E-state index contributed by atoms with van der Waals surface area (Å²) in [5.74, 6) is -0.388. The summed E-state index contributed by atoms with van der Waals surface area (Å²) in [7, 11) is 1.41. The number of H-pyrrole nitrogens is 1. The van der Waals surface area contributed by atoms with Crippen LogP contribution in [0.4, 0.5) is 10.1 Å². The number of carbonyl (C=O) groups is 2. The predicted molar refractivity (Wildman–Crippen MR) is 113 cm³/mol. The highest BCUT2D eigenvalue weighted by Crippen LogP contribution is 2.30. The number of aromatic nitrogens is 1. The van der Waals surface area contributed by atoms with E-state index < -0.39 is 0 Å². The van der Waals surface area contributed by atoms with Gasteiger partial charge >= 0.3 is 5.97 Å². The molecule has 1 fully saturated rings. The molecule has 2 N–H and O–H groups in total. The lowest BCUT2D eigenvalue weighted by molar-refractivity contribution is -0.142. The fraction of sp³-hybridized carbons (Fsp3) is 0.304. The normalized spacial score (nSPS) is 15.3. The molecule has 30 heavy (non-hydrogen) atoms. The van der Waals surface area contributed by atoms with E-state index in [9.17, 15) is 14.0 Å². The zero-order valence-electron chi connectivity index (χ0n) is 16.8. The maximum atomic E-state index is 13.0. The lowest BCUT2D eigenvalue weighted by Gasteiger charge is -2.31. The molecule has 4 rings (SSSR count). The van der Waals surface area contributed by atoms with Crippen molar-refractivity contribution in [3.05, 3.63) is 65.6 Å². The van der Waals surface area contributed by atoms with Gasteiger partial charge in [-0.15, -0.1) is 0 Å². The molecule has 0 unspecified atom stereocenters. The van der Waals surface area contributed by atoms with Crippen LogP contribution in [0.25, 0.3) is 10.9 Å². The Labute approximate surface area is 174 Å². The highest BCUT2D eigenvalue weighted by molar-refractivity contribution is 6.06. The molecule has 6 nitrogen and oxygen atoms in total. The van der Waals surface area contributed by atoms with Gasteiger partial charge in [-0.2, -0.15) is 0 Å². The minimum absolute atomic E-state index is 0.200. The van der Waals surface area contributed by atoms with Crippen molar-refractivity contribution in [2.75, 3.05) is 32.1 Å².